The van der Waals surface area contributed by atoms with Crippen LogP contribution in [0.4, 0.5) is 8.78 Å². The van der Waals surface area contributed by atoms with Crippen molar-refractivity contribution in [3.05, 3.63) is 93.4 Å². The molecule has 0 bridgehead atoms. The van der Waals surface area contributed by atoms with E-state index >= 15 is 0 Å². The summed E-state index contributed by atoms with van der Waals surface area (Å²) in [4.78, 5) is 37.9. The molecule has 10 heteroatoms. The van der Waals surface area contributed by atoms with Crippen molar-refractivity contribution < 1.29 is 23.1 Å². The lowest BCUT2D eigenvalue weighted by atomic mass is 10.0. The lowest BCUT2D eigenvalue weighted by molar-refractivity contribution is -0.143. The first-order valence-electron chi connectivity index (χ1n) is 11.1. The van der Waals surface area contributed by atoms with E-state index in [9.17, 15) is 23.2 Å². The predicted octanol–water partition coefficient (Wildman–Crippen LogP) is 1.62. The normalized spacial score (nSPS) is 13.9. The van der Waals surface area contributed by atoms with Crippen LogP contribution in [0.5, 0.6) is 0 Å². The van der Waals surface area contributed by atoms with Gasteiger partial charge >= 0.3 is 5.97 Å². The van der Waals surface area contributed by atoms with E-state index in [1.807, 2.05) is 11.0 Å². The molecular weight excluding hydrogens is 458 g/mol. The van der Waals surface area contributed by atoms with Crippen LogP contribution in [0.25, 0.3) is 5.69 Å². The standard InChI is InChI=1S/C25H24F2N4O4/c26-20-5-4-19(15-21(20)27)31-8-6-23(32)22(29-31)13-17-2-1-3-18(12-17)14-25(34)35-11-10-30-9-7-28-24(33)16-30/h1-6,8,12,15H,7,9-11,13-14,16H2,(H,28,33). The number of carbonyl (C=O) groups is 2. The Morgan fingerprint density at radius 2 is 1.89 bits per heavy atom. The first-order valence-corrected chi connectivity index (χ1v) is 11.1. The average Bonchev–Trinajstić information content (AvgIpc) is 2.82. The van der Waals surface area contributed by atoms with E-state index in [0.717, 1.165) is 29.8 Å². The summed E-state index contributed by atoms with van der Waals surface area (Å²) in [5.74, 6) is -2.40. The third kappa shape index (κ3) is 6.57. The van der Waals surface area contributed by atoms with Crippen molar-refractivity contribution in [3.8, 4) is 5.69 Å². The fraction of sp³-hybridized carbons (Fsp3) is 0.280. The number of hydrogen-bond donors (Lipinski definition) is 1. The van der Waals surface area contributed by atoms with Gasteiger partial charge in [0.1, 0.15) is 12.3 Å². The molecule has 182 valence electrons. The molecule has 0 radical (unpaired) electrons. The topological polar surface area (TPSA) is 93.5 Å². The van der Waals surface area contributed by atoms with Gasteiger partial charge in [-0.1, -0.05) is 24.3 Å². The summed E-state index contributed by atoms with van der Waals surface area (Å²) in [5.41, 5.74) is 1.71. The summed E-state index contributed by atoms with van der Waals surface area (Å²) in [6.07, 6.45) is 1.65. The molecule has 1 aromatic heterocycles. The van der Waals surface area contributed by atoms with E-state index < -0.39 is 11.6 Å². The quantitative estimate of drug-likeness (QED) is 0.491. The molecule has 1 amide bonds. The van der Waals surface area contributed by atoms with Gasteiger partial charge in [-0.25, -0.2) is 13.5 Å². The highest BCUT2D eigenvalue weighted by molar-refractivity contribution is 5.78. The summed E-state index contributed by atoms with van der Waals surface area (Å²) in [7, 11) is 0. The maximum Gasteiger partial charge on any atom is 0.310 e. The molecule has 0 spiro atoms. The number of ether oxygens (including phenoxy) is 1. The summed E-state index contributed by atoms with van der Waals surface area (Å²) in [6, 6.07) is 11.9. The van der Waals surface area contributed by atoms with Gasteiger partial charge in [0.15, 0.2) is 11.6 Å². The molecule has 1 aliphatic rings. The highest BCUT2D eigenvalue weighted by Crippen LogP contribution is 2.13. The molecule has 0 aliphatic carbocycles. The number of nitrogens with zero attached hydrogens (tertiary/aromatic N) is 3. The highest BCUT2D eigenvalue weighted by Gasteiger charge is 2.16. The van der Waals surface area contributed by atoms with Crippen LogP contribution >= 0.6 is 0 Å². The lowest BCUT2D eigenvalue weighted by Gasteiger charge is -2.25. The molecule has 1 aliphatic heterocycles. The Bertz CT molecular complexity index is 1290. The van der Waals surface area contributed by atoms with Crippen LogP contribution in [0.15, 0.2) is 59.5 Å². The average molecular weight is 482 g/mol. The number of aromatic nitrogens is 2. The monoisotopic (exact) mass is 482 g/mol. The number of nitrogens with one attached hydrogen (secondary N) is 1. The van der Waals surface area contributed by atoms with E-state index in [1.165, 1.54) is 23.0 Å². The highest BCUT2D eigenvalue weighted by atomic mass is 19.2. The van der Waals surface area contributed by atoms with Crippen molar-refractivity contribution in [3.63, 3.8) is 0 Å². The fourth-order valence-electron chi connectivity index (χ4n) is 3.77. The summed E-state index contributed by atoms with van der Waals surface area (Å²) >= 11 is 0. The molecule has 8 nitrogen and oxygen atoms in total. The second-order valence-corrected chi connectivity index (χ2v) is 8.19. The smallest absolute Gasteiger partial charge is 0.310 e. The van der Waals surface area contributed by atoms with Gasteiger partial charge in [0.05, 0.1) is 18.7 Å². The van der Waals surface area contributed by atoms with Crippen molar-refractivity contribution in [1.29, 1.82) is 0 Å². The van der Waals surface area contributed by atoms with Gasteiger partial charge < -0.3 is 10.1 Å². The Morgan fingerprint density at radius 3 is 2.69 bits per heavy atom. The third-order valence-corrected chi connectivity index (χ3v) is 5.55. The second-order valence-electron chi connectivity index (χ2n) is 8.19. The second kappa shape index (κ2) is 11.0. The van der Waals surface area contributed by atoms with Gasteiger partial charge in [-0.2, -0.15) is 5.10 Å². The van der Waals surface area contributed by atoms with Crippen molar-refractivity contribution in [2.24, 2.45) is 0 Å². The number of piperazine rings is 1. The summed E-state index contributed by atoms with van der Waals surface area (Å²) < 4.78 is 33.5. The van der Waals surface area contributed by atoms with E-state index in [1.54, 1.807) is 18.2 Å². The van der Waals surface area contributed by atoms with Crippen molar-refractivity contribution in [1.82, 2.24) is 20.0 Å². The molecule has 0 atom stereocenters. The number of rotatable bonds is 8. The number of hydrogen-bond acceptors (Lipinski definition) is 6. The van der Waals surface area contributed by atoms with Crippen LogP contribution < -0.4 is 10.7 Å². The zero-order valence-corrected chi connectivity index (χ0v) is 18.9. The molecule has 4 rings (SSSR count). The van der Waals surface area contributed by atoms with E-state index in [2.05, 4.69) is 10.4 Å². The van der Waals surface area contributed by atoms with Gasteiger partial charge in [0.25, 0.3) is 0 Å². The van der Waals surface area contributed by atoms with E-state index in [4.69, 9.17) is 4.74 Å². The fourth-order valence-corrected chi connectivity index (χ4v) is 3.77. The number of halogens is 2. The van der Waals surface area contributed by atoms with Crippen molar-refractivity contribution >= 4 is 11.9 Å². The number of carbonyl (C=O) groups excluding carboxylic acids is 2. The predicted molar refractivity (Wildman–Crippen MR) is 123 cm³/mol. The van der Waals surface area contributed by atoms with Crippen molar-refractivity contribution in [2.75, 3.05) is 32.8 Å². The maximum atomic E-state index is 13.6. The summed E-state index contributed by atoms with van der Waals surface area (Å²) in [5, 5.41) is 7.02. The Hall–Kier alpha value is -3.92. The van der Waals surface area contributed by atoms with Gasteiger partial charge in [-0.15, -0.1) is 0 Å². The van der Waals surface area contributed by atoms with Gasteiger partial charge in [0, 0.05) is 44.4 Å². The van der Waals surface area contributed by atoms with Crippen LogP contribution in [0, 0.1) is 11.6 Å². The molecule has 0 unspecified atom stereocenters. The number of benzene rings is 2. The molecule has 1 saturated heterocycles. The largest absolute Gasteiger partial charge is 0.464 e. The van der Waals surface area contributed by atoms with Crippen LogP contribution in [0.3, 0.4) is 0 Å². The SMILES string of the molecule is O=C1CN(CCOC(=O)Cc2cccc(Cc3nn(-c4ccc(F)c(F)c4)ccc3=O)c2)CCN1. The molecule has 2 aromatic carbocycles. The minimum Gasteiger partial charge on any atom is -0.464 e. The first-order chi connectivity index (χ1) is 16.9. The molecule has 2 heterocycles. The van der Waals surface area contributed by atoms with Crippen LogP contribution in [-0.4, -0.2) is 59.3 Å². The van der Waals surface area contributed by atoms with E-state index in [-0.39, 0.29) is 48.1 Å². The molecule has 1 N–H and O–H groups in total. The van der Waals surface area contributed by atoms with Crippen LogP contribution in [-0.2, 0) is 27.2 Å². The molecule has 0 saturated carbocycles. The first kappa shape index (κ1) is 24.2. The van der Waals surface area contributed by atoms with Gasteiger partial charge in [-0.3, -0.25) is 19.3 Å². The minimum absolute atomic E-state index is 0.0381. The molecule has 35 heavy (non-hydrogen) atoms. The third-order valence-electron chi connectivity index (χ3n) is 5.55. The van der Waals surface area contributed by atoms with Gasteiger partial charge in [-0.05, 0) is 23.3 Å². The van der Waals surface area contributed by atoms with Gasteiger partial charge in [0.2, 0.25) is 11.3 Å². The van der Waals surface area contributed by atoms with E-state index in [0.29, 0.717) is 19.6 Å². The van der Waals surface area contributed by atoms with Crippen LogP contribution in [0.1, 0.15) is 16.8 Å². The molecule has 3 aromatic rings. The zero-order valence-electron chi connectivity index (χ0n) is 18.9. The Kier molecular flexibility index (Phi) is 7.61. The Morgan fingerprint density at radius 1 is 1.06 bits per heavy atom. The number of amides is 1. The minimum atomic E-state index is -1.01. The molecule has 1 fully saturated rings. The number of esters is 1. The molecular formula is C25H24F2N4O4. The zero-order chi connectivity index (χ0) is 24.8. The van der Waals surface area contributed by atoms with Crippen LogP contribution in [0.2, 0.25) is 0 Å². The maximum absolute atomic E-state index is 13.6. The summed E-state index contributed by atoms with van der Waals surface area (Å²) in [6.45, 7) is 2.29. The lowest BCUT2D eigenvalue weighted by Crippen LogP contribution is -2.48. The van der Waals surface area contributed by atoms with Crippen molar-refractivity contribution in [2.45, 2.75) is 12.8 Å². The Balaban J connectivity index is 1.37. The Labute approximate surface area is 200 Å².